The Balaban J connectivity index is 0.00000261. The van der Waals surface area contributed by atoms with Gasteiger partial charge in [0, 0.05) is 42.8 Å². The Kier molecular flexibility index (Phi) is 7.41. The van der Waals surface area contributed by atoms with Crippen LogP contribution in [0.4, 0.5) is 0 Å². The second kappa shape index (κ2) is 9.34. The van der Waals surface area contributed by atoms with Crippen LogP contribution in [0.1, 0.15) is 39.0 Å². The Morgan fingerprint density at radius 2 is 2.00 bits per heavy atom. The maximum atomic E-state index is 12.8. The number of amides is 2. The maximum absolute atomic E-state index is 12.8. The van der Waals surface area contributed by atoms with Crippen LogP contribution in [0.3, 0.4) is 0 Å². The molecule has 2 amide bonds. The van der Waals surface area contributed by atoms with Crippen LogP contribution < -0.4 is 10.6 Å². The predicted octanol–water partition coefficient (Wildman–Crippen LogP) is 1.89. The van der Waals surface area contributed by atoms with Crippen LogP contribution in [0.2, 0.25) is 0 Å². The van der Waals surface area contributed by atoms with Crippen molar-refractivity contribution >= 4 is 35.6 Å². The number of carbonyl (C=O) groups is 2. The summed E-state index contributed by atoms with van der Waals surface area (Å²) in [6.45, 7) is 3.28. The summed E-state index contributed by atoms with van der Waals surface area (Å²) >= 11 is 1.50. The van der Waals surface area contributed by atoms with E-state index in [1.54, 1.807) is 17.9 Å². The third-order valence-corrected chi connectivity index (χ3v) is 5.70. The van der Waals surface area contributed by atoms with E-state index in [0.717, 1.165) is 28.2 Å². The first-order chi connectivity index (χ1) is 12.5. The van der Waals surface area contributed by atoms with Gasteiger partial charge < -0.3 is 15.5 Å². The van der Waals surface area contributed by atoms with Gasteiger partial charge in [0.25, 0.3) is 5.91 Å². The summed E-state index contributed by atoms with van der Waals surface area (Å²) in [6.07, 6.45) is 5.11. The van der Waals surface area contributed by atoms with E-state index < -0.39 is 0 Å². The number of nitrogens with zero attached hydrogens (tertiary/aromatic N) is 3. The van der Waals surface area contributed by atoms with Crippen LogP contribution >= 0.6 is 23.7 Å². The minimum atomic E-state index is -0.385. The number of thiophene rings is 1. The molecular weight excluding hydrogens is 386 g/mol. The third-order valence-electron chi connectivity index (χ3n) is 4.70. The number of hydrogen-bond acceptors (Lipinski definition) is 5. The first-order valence-electron chi connectivity index (χ1n) is 8.80. The van der Waals surface area contributed by atoms with E-state index in [1.807, 2.05) is 37.2 Å². The molecule has 2 aromatic heterocycles. The normalized spacial score (nSPS) is 15.9. The van der Waals surface area contributed by atoms with Gasteiger partial charge in [-0.05, 0) is 38.9 Å². The largest absolute Gasteiger partial charge is 0.348 e. The number of rotatable bonds is 5. The highest BCUT2D eigenvalue weighted by Crippen LogP contribution is 2.20. The fourth-order valence-electron chi connectivity index (χ4n) is 3.26. The quantitative estimate of drug-likeness (QED) is 0.787. The van der Waals surface area contributed by atoms with Crippen LogP contribution in [0, 0.1) is 6.92 Å². The van der Waals surface area contributed by atoms with Crippen molar-refractivity contribution in [3.8, 4) is 0 Å². The number of piperidine rings is 1. The van der Waals surface area contributed by atoms with E-state index >= 15 is 0 Å². The Hall–Kier alpha value is -1.90. The zero-order valence-electron chi connectivity index (χ0n) is 15.8. The molecule has 1 fully saturated rings. The van der Waals surface area contributed by atoms with Gasteiger partial charge in [0.15, 0.2) is 0 Å². The van der Waals surface area contributed by atoms with Crippen LogP contribution in [-0.4, -0.2) is 52.7 Å². The molecule has 7 nitrogen and oxygen atoms in total. The lowest BCUT2D eigenvalue weighted by Crippen LogP contribution is -2.49. The summed E-state index contributed by atoms with van der Waals surface area (Å²) < 4.78 is 1.70. The molecule has 148 valence electrons. The number of halogens is 1. The summed E-state index contributed by atoms with van der Waals surface area (Å²) in [5.41, 5.74) is 0.864. The molecule has 1 atom stereocenters. The van der Waals surface area contributed by atoms with Crippen LogP contribution in [0.5, 0.6) is 0 Å². The predicted molar refractivity (Wildman–Crippen MR) is 108 cm³/mol. The third kappa shape index (κ3) is 5.09. The SMILES string of the molecule is CNC(C(=O)N1CCC(NC(=O)c2ccc(C)s2)CC1)c1cnn(C)c1.Cl. The van der Waals surface area contributed by atoms with Gasteiger partial charge in [-0.2, -0.15) is 5.10 Å². The number of nitrogens with one attached hydrogen (secondary N) is 2. The van der Waals surface area contributed by atoms with E-state index in [4.69, 9.17) is 0 Å². The molecular formula is C18H26ClN5O2S. The smallest absolute Gasteiger partial charge is 0.261 e. The van der Waals surface area contributed by atoms with Crippen molar-refractivity contribution in [1.29, 1.82) is 0 Å². The lowest BCUT2D eigenvalue weighted by Gasteiger charge is -2.34. The molecule has 2 N–H and O–H groups in total. The van der Waals surface area contributed by atoms with Crippen LogP contribution in [0.15, 0.2) is 24.5 Å². The van der Waals surface area contributed by atoms with Gasteiger partial charge in [0.05, 0.1) is 11.1 Å². The first-order valence-corrected chi connectivity index (χ1v) is 9.61. The van der Waals surface area contributed by atoms with Gasteiger partial charge in [0.1, 0.15) is 6.04 Å². The number of likely N-dealkylation sites (N-methyl/N-ethyl adjacent to an activating group) is 1. The highest BCUT2D eigenvalue weighted by atomic mass is 35.5. The summed E-state index contributed by atoms with van der Waals surface area (Å²) in [5, 5.41) is 10.3. The van der Waals surface area contributed by atoms with Gasteiger partial charge >= 0.3 is 0 Å². The molecule has 1 saturated heterocycles. The molecule has 0 aliphatic carbocycles. The molecule has 3 rings (SSSR count). The number of likely N-dealkylation sites (tertiary alicyclic amines) is 1. The zero-order chi connectivity index (χ0) is 18.7. The molecule has 2 aromatic rings. The summed E-state index contributed by atoms with van der Waals surface area (Å²) in [4.78, 5) is 28.9. The molecule has 9 heteroatoms. The van der Waals surface area contributed by atoms with Crippen molar-refractivity contribution in [3.63, 3.8) is 0 Å². The van der Waals surface area contributed by atoms with E-state index in [0.29, 0.717) is 13.1 Å². The van der Waals surface area contributed by atoms with E-state index in [-0.39, 0.29) is 36.3 Å². The monoisotopic (exact) mass is 411 g/mol. The number of carbonyl (C=O) groups excluding carboxylic acids is 2. The average molecular weight is 412 g/mol. The van der Waals surface area contributed by atoms with Gasteiger partial charge in [-0.3, -0.25) is 14.3 Å². The highest BCUT2D eigenvalue weighted by molar-refractivity contribution is 7.13. The van der Waals surface area contributed by atoms with Crippen molar-refractivity contribution in [2.45, 2.75) is 31.8 Å². The Labute approximate surface area is 169 Å². The molecule has 3 heterocycles. The Morgan fingerprint density at radius 1 is 1.30 bits per heavy atom. The minimum Gasteiger partial charge on any atom is -0.348 e. The summed E-state index contributed by atoms with van der Waals surface area (Å²) in [7, 11) is 3.62. The van der Waals surface area contributed by atoms with Crippen molar-refractivity contribution in [3.05, 3.63) is 39.8 Å². The van der Waals surface area contributed by atoms with E-state index in [1.165, 1.54) is 11.3 Å². The minimum absolute atomic E-state index is 0. The maximum Gasteiger partial charge on any atom is 0.261 e. The van der Waals surface area contributed by atoms with Gasteiger partial charge in [-0.15, -0.1) is 23.7 Å². The molecule has 0 aromatic carbocycles. The lowest BCUT2D eigenvalue weighted by atomic mass is 10.0. The number of hydrogen-bond donors (Lipinski definition) is 2. The second-order valence-corrected chi connectivity index (χ2v) is 7.94. The van der Waals surface area contributed by atoms with Crippen molar-refractivity contribution in [2.24, 2.45) is 7.05 Å². The fraction of sp³-hybridized carbons (Fsp3) is 0.500. The molecule has 1 unspecified atom stereocenters. The van der Waals surface area contributed by atoms with Crippen LogP contribution in [0.25, 0.3) is 0 Å². The number of aryl methyl sites for hydroxylation is 2. The molecule has 0 spiro atoms. The summed E-state index contributed by atoms with van der Waals surface area (Å²) in [6, 6.07) is 3.54. The lowest BCUT2D eigenvalue weighted by molar-refractivity contribution is -0.134. The molecule has 0 saturated carbocycles. The fourth-order valence-corrected chi connectivity index (χ4v) is 4.03. The van der Waals surface area contributed by atoms with Crippen molar-refractivity contribution < 1.29 is 9.59 Å². The van der Waals surface area contributed by atoms with E-state index in [9.17, 15) is 9.59 Å². The van der Waals surface area contributed by atoms with Crippen molar-refractivity contribution in [1.82, 2.24) is 25.3 Å². The van der Waals surface area contributed by atoms with Crippen molar-refractivity contribution in [2.75, 3.05) is 20.1 Å². The van der Waals surface area contributed by atoms with Gasteiger partial charge in [-0.25, -0.2) is 0 Å². The average Bonchev–Trinajstić information content (AvgIpc) is 3.25. The van der Waals surface area contributed by atoms with Crippen LogP contribution in [-0.2, 0) is 11.8 Å². The highest BCUT2D eigenvalue weighted by Gasteiger charge is 2.29. The van der Waals surface area contributed by atoms with E-state index in [2.05, 4.69) is 15.7 Å². The van der Waals surface area contributed by atoms with Gasteiger partial charge in [0.2, 0.25) is 5.91 Å². The summed E-state index contributed by atoms with van der Waals surface area (Å²) in [5.74, 6) is 0.0375. The topological polar surface area (TPSA) is 79.3 Å². The molecule has 0 bridgehead atoms. The molecule has 1 aliphatic heterocycles. The first kappa shape index (κ1) is 21.4. The Bertz CT molecular complexity index is 782. The number of aromatic nitrogens is 2. The Morgan fingerprint density at radius 3 is 2.52 bits per heavy atom. The molecule has 0 radical (unpaired) electrons. The molecule has 1 aliphatic rings. The zero-order valence-corrected chi connectivity index (χ0v) is 17.4. The molecule has 27 heavy (non-hydrogen) atoms. The second-order valence-electron chi connectivity index (χ2n) is 6.65. The van der Waals surface area contributed by atoms with Gasteiger partial charge in [-0.1, -0.05) is 0 Å². The standard InChI is InChI=1S/C18H25N5O2S.ClH/c1-12-4-5-15(26-12)17(24)21-14-6-8-23(9-7-14)18(25)16(19-2)13-10-20-22(3)11-13;/h4-5,10-11,14,16,19H,6-9H2,1-3H3,(H,21,24);1H.